The van der Waals surface area contributed by atoms with Gasteiger partial charge in [-0.2, -0.15) is 0 Å². The number of benzene rings is 1. The summed E-state index contributed by atoms with van der Waals surface area (Å²) in [5.74, 6) is -0.0306. The molecule has 1 fully saturated rings. The standard InChI is InChI=1S/C16H17FN2O2/c17-13-4-2-1-3-12(13)14-5-6-15(21-14)16(20)19-11-7-9-18-10-8-11/h1-6,11,18H,7-10H2,(H,19,20). The van der Waals surface area contributed by atoms with Crippen LogP contribution < -0.4 is 10.6 Å². The van der Waals surface area contributed by atoms with Crippen molar-refractivity contribution in [2.24, 2.45) is 0 Å². The van der Waals surface area contributed by atoms with Crippen molar-refractivity contribution in [3.8, 4) is 11.3 Å². The SMILES string of the molecule is O=C(NC1CCNCC1)c1ccc(-c2ccccc2F)o1. The van der Waals surface area contributed by atoms with Gasteiger partial charge in [-0.3, -0.25) is 4.79 Å². The van der Waals surface area contributed by atoms with Crippen molar-refractivity contribution in [3.63, 3.8) is 0 Å². The van der Waals surface area contributed by atoms with Gasteiger partial charge in [-0.15, -0.1) is 0 Å². The Hall–Kier alpha value is -2.14. The number of halogens is 1. The Kier molecular flexibility index (Phi) is 4.01. The van der Waals surface area contributed by atoms with Gasteiger partial charge in [0.2, 0.25) is 0 Å². The molecular weight excluding hydrogens is 271 g/mol. The summed E-state index contributed by atoms with van der Waals surface area (Å²) in [6.45, 7) is 1.81. The smallest absolute Gasteiger partial charge is 0.287 e. The van der Waals surface area contributed by atoms with Gasteiger partial charge < -0.3 is 15.1 Å². The van der Waals surface area contributed by atoms with Gasteiger partial charge in [-0.25, -0.2) is 4.39 Å². The predicted molar refractivity (Wildman–Crippen MR) is 77.5 cm³/mol. The van der Waals surface area contributed by atoms with Crippen molar-refractivity contribution in [2.45, 2.75) is 18.9 Å². The zero-order chi connectivity index (χ0) is 14.7. The van der Waals surface area contributed by atoms with Crippen LogP contribution >= 0.6 is 0 Å². The topological polar surface area (TPSA) is 54.3 Å². The zero-order valence-electron chi connectivity index (χ0n) is 11.6. The quantitative estimate of drug-likeness (QED) is 0.912. The number of nitrogens with one attached hydrogen (secondary N) is 2. The number of hydrogen-bond donors (Lipinski definition) is 2. The van der Waals surface area contributed by atoms with Crippen LogP contribution in [0.4, 0.5) is 4.39 Å². The zero-order valence-corrected chi connectivity index (χ0v) is 11.6. The first kappa shape index (κ1) is 13.8. The molecule has 0 unspecified atom stereocenters. The Labute approximate surface area is 122 Å². The molecule has 0 bridgehead atoms. The molecule has 1 aromatic carbocycles. The molecule has 5 heteroatoms. The van der Waals surface area contributed by atoms with Crippen LogP contribution in [0.15, 0.2) is 40.8 Å². The van der Waals surface area contributed by atoms with Crippen molar-refractivity contribution in [1.29, 1.82) is 0 Å². The molecule has 0 aliphatic carbocycles. The van der Waals surface area contributed by atoms with Crippen LogP contribution in [-0.4, -0.2) is 25.0 Å². The molecule has 110 valence electrons. The molecule has 2 N–H and O–H groups in total. The second-order valence-corrected chi connectivity index (χ2v) is 5.14. The number of carbonyl (C=O) groups excluding carboxylic acids is 1. The maximum Gasteiger partial charge on any atom is 0.287 e. The first-order valence-corrected chi connectivity index (χ1v) is 7.10. The minimum absolute atomic E-state index is 0.167. The van der Waals surface area contributed by atoms with Crippen molar-refractivity contribution < 1.29 is 13.6 Å². The second-order valence-electron chi connectivity index (χ2n) is 5.14. The Morgan fingerprint density at radius 3 is 2.71 bits per heavy atom. The molecule has 0 atom stereocenters. The number of piperidine rings is 1. The van der Waals surface area contributed by atoms with E-state index in [4.69, 9.17) is 4.42 Å². The summed E-state index contributed by atoms with van der Waals surface area (Å²) in [6.07, 6.45) is 1.82. The molecule has 1 aliphatic heterocycles. The lowest BCUT2D eigenvalue weighted by molar-refractivity contribution is 0.0902. The van der Waals surface area contributed by atoms with E-state index in [0.29, 0.717) is 11.3 Å². The molecule has 0 radical (unpaired) electrons. The van der Waals surface area contributed by atoms with Crippen molar-refractivity contribution in [3.05, 3.63) is 48.0 Å². The summed E-state index contributed by atoms with van der Waals surface area (Å²) in [5.41, 5.74) is 0.360. The monoisotopic (exact) mass is 288 g/mol. The minimum Gasteiger partial charge on any atom is -0.451 e. The van der Waals surface area contributed by atoms with Crippen molar-refractivity contribution >= 4 is 5.91 Å². The van der Waals surface area contributed by atoms with Crippen LogP contribution in [-0.2, 0) is 0 Å². The maximum absolute atomic E-state index is 13.7. The van der Waals surface area contributed by atoms with E-state index < -0.39 is 0 Å². The number of carbonyl (C=O) groups is 1. The van der Waals surface area contributed by atoms with E-state index in [0.717, 1.165) is 25.9 Å². The largest absolute Gasteiger partial charge is 0.451 e. The van der Waals surface area contributed by atoms with Gasteiger partial charge in [0.15, 0.2) is 5.76 Å². The fourth-order valence-corrected chi connectivity index (χ4v) is 2.49. The third kappa shape index (κ3) is 3.13. The summed E-state index contributed by atoms with van der Waals surface area (Å²) in [7, 11) is 0. The van der Waals surface area contributed by atoms with Crippen LogP contribution in [0.25, 0.3) is 11.3 Å². The lowest BCUT2D eigenvalue weighted by Gasteiger charge is -2.23. The molecule has 3 rings (SSSR count). The molecule has 21 heavy (non-hydrogen) atoms. The third-order valence-corrected chi connectivity index (χ3v) is 3.64. The lowest BCUT2D eigenvalue weighted by atomic mass is 10.1. The van der Waals surface area contributed by atoms with E-state index in [1.54, 1.807) is 30.3 Å². The number of furan rings is 1. The summed E-state index contributed by atoms with van der Waals surface area (Å²) < 4.78 is 19.2. The predicted octanol–water partition coefficient (Wildman–Crippen LogP) is 2.57. The van der Waals surface area contributed by atoms with Gasteiger partial charge in [-0.1, -0.05) is 12.1 Å². The molecule has 4 nitrogen and oxygen atoms in total. The van der Waals surface area contributed by atoms with Crippen LogP contribution in [0.1, 0.15) is 23.4 Å². The van der Waals surface area contributed by atoms with E-state index in [2.05, 4.69) is 10.6 Å². The highest BCUT2D eigenvalue weighted by Crippen LogP contribution is 2.24. The minimum atomic E-state index is -0.364. The highest BCUT2D eigenvalue weighted by atomic mass is 19.1. The average molecular weight is 288 g/mol. The number of amides is 1. The molecule has 1 saturated heterocycles. The van der Waals surface area contributed by atoms with Crippen molar-refractivity contribution in [1.82, 2.24) is 10.6 Å². The van der Waals surface area contributed by atoms with Gasteiger partial charge >= 0.3 is 0 Å². The third-order valence-electron chi connectivity index (χ3n) is 3.64. The first-order chi connectivity index (χ1) is 10.2. The van der Waals surface area contributed by atoms with Gasteiger partial charge in [0, 0.05) is 6.04 Å². The summed E-state index contributed by atoms with van der Waals surface area (Å²) >= 11 is 0. The van der Waals surface area contributed by atoms with E-state index in [1.165, 1.54) is 6.07 Å². The van der Waals surface area contributed by atoms with Crippen molar-refractivity contribution in [2.75, 3.05) is 13.1 Å². The first-order valence-electron chi connectivity index (χ1n) is 7.10. The number of hydrogen-bond acceptors (Lipinski definition) is 3. The van der Waals surface area contributed by atoms with Gasteiger partial charge in [0.25, 0.3) is 5.91 Å². The highest BCUT2D eigenvalue weighted by molar-refractivity contribution is 5.92. The van der Waals surface area contributed by atoms with Crippen LogP contribution in [0, 0.1) is 5.82 Å². The second kappa shape index (κ2) is 6.10. The van der Waals surface area contributed by atoms with Gasteiger partial charge in [-0.05, 0) is 50.2 Å². The van der Waals surface area contributed by atoms with Gasteiger partial charge in [0.05, 0.1) is 5.56 Å². The maximum atomic E-state index is 13.7. The van der Waals surface area contributed by atoms with E-state index in [1.807, 2.05) is 0 Å². The number of rotatable bonds is 3. The molecule has 2 heterocycles. The van der Waals surface area contributed by atoms with Crippen LogP contribution in [0.5, 0.6) is 0 Å². The van der Waals surface area contributed by atoms with Crippen LogP contribution in [0.2, 0.25) is 0 Å². The molecule has 1 aromatic heterocycles. The summed E-state index contributed by atoms with van der Waals surface area (Å²) in [6, 6.07) is 9.71. The summed E-state index contributed by atoms with van der Waals surface area (Å²) in [5, 5.41) is 6.19. The van der Waals surface area contributed by atoms with Gasteiger partial charge in [0.1, 0.15) is 11.6 Å². The van der Waals surface area contributed by atoms with E-state index >= 15 is 0 Å². The summed E-state index contributed by atoms with van der Waals surface area (Å²) in [4.78, 5) is 12.1. The van der Waals surface area contributed by atoms with Crippen LogP contribution in [0.3, 0.4) is 0 Å². The molecule has 1 amide bonds. The molecule has 0 saturated carbocycles. The molecule has 1 aliphatic rings. The molecular formula is C16H17FN2O2. The fourth-order valence-electron chi connectivity index (χ4n) is 2.49. The lowest BCUT2D eigenvalue weighted by Crippen LogP contribution is -2.42. The fraction of sp³-hybridized carbons (Fsp3) is 0.312. The Balaban J connectivity index is 1.72. The Morgan fingerprint density at radius 1 is 1.19 bits per heavy atom. The van der Waals surface area contributed by atoms with E-state index in [-0.39, 0.29) is 23.5 Å². The Bertz CT molecular complexity index is 633. The highest BCUT2D eigenvalue weighted by Gasteiger charge is 2.19. The molecule has 2 aromatic rings. The normalized spacial score (nSPS) is 15.9. The average Bonchev–Trinajstić information content (AvgIpc) is 2.98. The molecule has 0 spiro atoms. The van der Waals surface area contributed by atoms with E-state index in [9.17, 15) is 9.18 Å². The Morgan fingerprint density at radius 2 is 1.95 bits per heavy atom.